The van der Waals surface area contributed by atoms with E-state index in [0.29, 0.717) is 5.56 Å². The lowest BCUT2D eigenvalue weighted by atomic mass is 10.1. The van der Waals surface area contributed by atoms with Crippen LogP contribution < -0.4 is 5.73 Å². The summed E-state index contributed by atoms with van der Waals surface area (Å²) in [6.45, 7) is 1.70. The molecular weight excluding hydrogens is 209 g/mol. The van der Waals surface area contributed by atoms with Crippen LogP contribution in [0.15, 0.2) is 18.2 Å². The molecule has 0 bridgehead atoms. The second-order valence-corrected chi connectivity index (χ2v) is 2.83. The third kappa shape index (κ3) is 2.68. The molecule has 0 fully saturated rings. The van der Waals surface area contributed by atoms with Crippen LogP contribution in [0.4, 0.5) is 4.39 Å². The molecule has 0 saturated carbocycles. The Morgan fingerprint density at radius 2 is 2.14 bits per heavy atom. The zero-order valence-corrected chi connectivity index (χ0v) is 8.34. The van der Waals surface area contributed by atoms with Gasteiger partial charge in [0.15, 0.2) is 0 Å². The lowest BCUT2D eigenvalue weighted by Crippen LogP contribution is -2.07. The fourth-order valence-corrected chi connectivity index (χ4v) is 0.988. The lowest BCUT2D eigenvalue weighted by Gasteiger charge is -2.06. The number of carboxylic acids is 1. The van der Waals surface area contributed by atoms with Gasteiger partial charge in [0, 0.05) is 6.04 Å². The molecule has 5 heteroatoms. The molecule has 1 aromatic rings. The van der Waals surface area contributed by atoms with Crippen LogP contribution in [-0.2, 0) is 0 Å². The molecule has 0 aliphatic rings. The highest BCUT2D eigenvalue weighted by Crippen LogP contribution is 2.14. The van der Waals surface area contributed by atoms with E-state index in [4.69, 9.17) is 10.8 Å². The molecule has 0 unspecified atom stereocenters. The van der Waals surface area contributed by atoms with Gasteiger partial charge in [-0.3, -0.25) is 0 Å². The maximum Gasteiger partial charge on any atom is 0.338 e. The molecule has 0 aliphatic carbocycles. The van der Waals surface area contributed by atoms with Crippen LogP contribution in [0.5, 0.6) is 0 Å². The van der Waals surface area contributed by atoms with E-state index >= 15 is 0 Å². The molecule has 3 nitrogen and oxygen atoms in total. The predicted octanol–water partition coefficient (Wildman–Crippen LogP) is 1.97. The molecule has 1 atom stereocenters. The molecule has 3 N–H and O–H groups in total. The average Bonchev–Trinajstić information content (AvgIpc) is 2.03. The van der Waals surface area contributed by atoms with Gasteiger partial charge in [-0.05, 0) is 24.6 Å². The largest absolute Gasteiger partial charge is 0.478 e. The van der Waals surface area contributed by atoms with Gasteiger partial charge in [0.05, 0.1) is 5.56 Å². The van der Waals surface area contributed by atoms with E-state index in [1.54, 1.807) is 6.92 Å². The minimum absolute atomic E-state index is 0. The molecule has 1 aromatic carbocycles. The molecule has 0 amide bonds. The molecule has 1 rings (SSSR count). The number of benzene rings is 1. The summed E-state index contributed by atoms with van der Waals surface area (Å²) < 4.78 is 13.0. The Labute approximate surface area is 87.1 Å². The van der Waals surface area contributed by atoms with Gasteiger partial charge < -0.3 is 10.8 Å². The molecule has 78 valence electrons. The van der Waals surface area contributed by atoms with Crippen molar-refractivity contribution >= 4 is 18.4 Å². The van der Waals surface area contributed by atoms with Gasteiger partial charge in [-0.25, -0.2) is 9.18 Å². The predicted molar refractivity (Wildman–Crippen MR) is 53.2 cm³/mol. The SMILES string of the molecule is C[C@H](N)c1ccc(C(=O)O)c(F)c1.Cl. The second-order valence-electron chi connectivity index (χ2n) is 2.83. The highest BCUT2D eigenvalue weighted by atomic mass is 35.5. The molecule has 14 heavy (non-hydrogen) atoms. The topological polar surface area (TPSA) is 63.3 Å². The van der Waals surface area contributed by atoms with Crippen molar-refractivity contribution in [2.45, 2.75) is 13.0 Å². The van der Waals surface area contributed by atoms with Crippen molar-refractivity contribution < 1.29 is 14.3 Å². The summed E-state index contributed by atoms with van der Waals surface area (Å²) in [6, 6.07) is 3.58. The first-order chi connectivity index (χ1) is 6.02. The Kier molecular flexibility index (Phi) is 4.53. The molecule has 0 radical (unpaired) electrons. The second kappa shape index (κ2) is 4.93. The Morgan fingerprint density at radius 3 is 2.50 bits per heavy atom. The highest BCUT2D eigenvalue weighted by molar-refractivity contribution is 5.87. The minimum atomic E-state index is -1.27. The maximum absolute atomic E-state index is 13.0. The van der Waals surface area contributed by atoms with E-state index in [2.05, 4.69) is 0 Å². The lowest BCUT2D eigenvalue weighted by molar-refractivity contribution is 0.0692. The summed E-state index contributed by atoms with van der Waals surface area (Å²) in [7, 11) is 0. The van der Waals surface area contributed by atoms with E-state index in [0.717, 1.165) is 6.07 Å². The van der Waals surface area contributed by atoms with Crippen molar-refractivity contribution in [3.05, 3.63) is 35.1 Å². The summed E-state index contributed by atoms with van der Waals surface area (Å²) >= 11 is 0. The molecule has 0 heterocycles. The fourth-order valence-electron chi connectivity index (χ4n) is 0.988. The van der Waals surface area contributed by atoms with Crippen LogP contribution in [0.2, 0.25) is 0 Å². The quantitative estimate of drug-likeness (QED) is 0.799. The number of rotatable bonds is 2. The van der Waals surface area contributed by atoms with Crippen molar-refractivity contribution in [1.29, 1.82) is 0 Å². The first-order valence-electron chi connectivity index (χ1n) is 3.80. The van der Waals surface area contributed by atoms with Gasteiger partial charge >= 0.3 is 5.97 Å². The fraction of sp³-hybridized carbons (Fsp3) is 0.222. The van der Waals surface area contributed by atoms with Gasteiger partial charge in [-0.15, -0.1) is 12.4 Å². The number of nitrogens with two attached hydrogens (primary N) is 1. The van der Waals surface area contributed by atoms with E-state index in [1.807, 2.05) is 0 Å². The van der Waals surface area contributed by atoms with Crippen LogP contribution >= 0.6 is 12.4 Å². The Balaban J connectivity index is 0.00000169. The Bertz CT molecular complexity index is 342. The standard InChI is InChI=1S/C9H10FNO2.ClH/c1-5(11)6-2-3-7(9(12)13)8(10)4-6;/h2-5H,11H2,1H3,(H,12,13);1H/t5-;/m0./s1. The van der Waals surface area contributed by atoms with E-state index < -0.39 is 11.8 Å². The van der Waals surface area contributed by atoms with Crippen LogP contribution in [0.25, 0.3) is 0 Å². The van der Waals surface area contributed by atoms with Crippen molar-refractivity contribution in [2.75, 3.05) is 0 Å². The van der Waals surface area contributed by atoms with Gasteiger partial charge in [0.25, 0.3) is 0 Å². The Morgan fingerprint density at radius 1 is 1.57 bits per heavy atom. The molecule has 0 spiro atoms. The number of hydrogen-bond donors (Lipinski definition) is 2. The Hall–Kier alpha value is -1.13. The number of carboxylic acid groups (broad SMARTS) is 1. The summed E-state index contributed by atoms with van der Waals surface area (Å²) in [5.41, 5.74) is 5.75. The van der Waals surface area contributed by atoms with Crippen molar-refractivity contribution in [2.24, 2.45) is 5.73 Å². The molecule has 0 saturated heterocycles. The van der Waals surface area contributed by atoms with Crippen LogP contribution in [0.3, 0.4) is 0 Å². The van der Waals surface area contributed by atoms with E-state index in [1.165, 1.54) is 12.1 Å². The van der Waals surface area contributed by atoms with Crippen LogP contribution in [-0.4, -0.2) is 11.1 Å². The zero-order chi connectivity index (χ0) is 10.0. The van der Waals surface area contributed by atoms with Crippen molar-refractivity contribution in [3.8, 4) is 0 Å². The van der Waals surface area contributed by atoms with Gasteiger partial charge in [0.1, 0.15) is 5.82 Å². The zero-order valence-electron chi connectivity index (χ0n) is 7.53. The smallest absolute Gasteiger partial charge is 0.338 e. The van der Waals surface area contributed by atoms with E-state index in [9.17, 15) is 9.18 Å². The average molecular weight is 220 g/mol. The molecular formula is C9H11ClFNO2. The summed E-state index contributed by atoms with van der Waals surface area (Å²) in [5, 5.41) is 8.52. The van der Waals surface area contributed by atoms with Gasteiger partial charge in [-0.2, -0.15) is 0 Å². The summed E-state index contributed by atoms with van der Waals surface area (Å²) in [4.78, 5) is 10.4. The van der Waals surface area contributed by atoms with Crippen molar-refractivity contribution in [3.63, 3.8) is 0 Å². The molecule has 0 aliphatic heterocycles. The number of halogens is 2. The normalized spacial score (nSPS) is 11.6. The van der Waals surface area contributed by atoms with Gasteiger partial charge in [0.2, 0.25) is 0 Å². The first kappa shape index (κ1) is 12.9. The van der Waals surface area contributed by atoms with E-state index in [-0.39, 0.29) is 24.0 Å². The summed E-state index contributed by atoms with van der Waals surface area (Å²) in [5.74, 6) is -2.02. The number of aromatic carboxylic acids is 1. The minimum Gasteiger partial charge on any atom is -0.478 e. The third-order valence-corrected chi connectivity index (χ3v) is 1.75. The van der Waals surface area contributed by atoms with Gasteiger partial charge in [-0.1, -0.05) is 6.07 Å². The highest BCUT2D eigenvalue weighted by Gasteiger charge is 2.11. The first-order valence-corrected chi connectivity index (χ1v) is 3.80. The van der Waals surface area contributed by atoms with Crippen molar-refractivity contribution in [1.82, 2.24) is 0 Å². The number of carbonyl (C=O) groups is 1. The molecule has 0 aromatic heterocycles. The monoisotopic (exact) mass is 219 g/mol. The number of hydrogen-bond acceptors (Lipinski definition) is 2. The van der Waals surface area contributed by atoms with Crippen LogP contribution in [0, 0.1) is 5.82 Å². The van der Waals surface area contributed by atoms with Crippen LogP contribution in [0.1, 0.15) is 28.9 Å². The third-order valence-electron chi connectivity index (χ3n) is 1.75. The maximum atomic E-state index is 13.0. The summed E-state index contributed by atoms with van der Waals surface area (Å²) in [6.07, 6.45) is 0.